The second-order valence-corrected chi connectivity index (χ2v) is 5.44. The van der Waals surface area contributed by atoms with Crippen LogP contribution in [0.5, 0.6) is 0 Å². The number of likely N-dealkylation sites (tertiary alicyclic amines) is 1. The van der Waals surface area contributed by atoms with E-state index in [1.807, 2.05) is 0 Å². The van der Waals surface area contributed by atoms with E-state index in [2.05, 4.69) is 18.7 Å². The molecule has 1 aliphatic carbocycles. The summed E-state index contributed by atoms with van der Waals surface area (Å²) in [4.78, 5) is 2.71. The van der Waals surface area contributed by atoms with Crippen molar-refractivity contribution >= 4 is 0 Å². The maximum absolute atomic E-state index is 5.96. The van der Waals surface area contributed by atoms with Crippen LogP contribution in [0.1, 0.15) is 46.0 Å². The van der Waals surface area contributed by atoms with Crippen molar-refractivity contribution in [3.8, 4) is 0 Å². The van der Waals surface area contributed by atoms with Gasteiger partial charge in [0.15, 0.2) is 0 Å². The fourth-order valence-electron chi connectivity index (χ4n) is 3.49. The van der Waals surface area contributed by atoms with Gasteiger partial charge in [0.1, 0.15) is 0 Å². The average Bonchev–Trinajstić information content (AvgIpc) is 2.79. The monoisotopic (exact) mass is 196 g/mol. The van der Waals surface area contributed by atoms with Gasteiger partial charge in [0.25, 0.3) is 0 Å². The zero-order valence-corrected chi connectivity index (χ0v) is 9.63. The summed E-state index contributed by atoms with van der Waals surface area (Å²) in [5.74, 6) is 0.989. The lowest BCUT2D eigenvalue weighted by molar-refractivity contribution is 0.0668. The molecule has 0 amide bonds. The molecular weight excluding hydrogens is 172 g/mol. The Hall–Kier alpha value is -0.0800. The molecule has 14 heavy (non-hydrogen) atoms. The summed E-state index contributed by atoms with van der Waals surface area (Å²) in [5.41, 5.74) is 6.25. The molecular formula is C12H24N2. The van der Waals surface area contributed by atoms with Gasteiger partial charge in [-0.25, -0.2) is 0 Å². The predicted octanol–water partition coefficient (Wildman–Crippen LogP) is 1.99. The normalized spacial score (nSPS) is 36.2. The molecule has 0 aromatic carbocycles. The third-order valence-electron chi connectivity index (χ3n) is 4.33. The van der Waals surface area contributed by atoms with E-state index in [-0.39, 0.29) is 5.54 Å². The molecule has 2 heteroatoms. The summed E-state index contributed by atoms with van der Waals surface area (Å²) < 4.78 is 0. The van der Waals surface area contributed by atoms with Gasteiger partial charge in [-0.2, -0.15) is 0 Å². The van der Waals surface area contributed by atoms with Crippen LogP contribution in [-0.2, 0) is 0 Å². The van der Waals surface area contributed by atoms with Crippen LogP contribution in [0, 0.1) is 5.92 Å². The van der Waals surface area contributed by atoms with E-state index in [0.29, 0.717) is 0 Å². The van der Waals surface area contributed by atoms with Crippen LogP contribution in [-0.4, -0.2) is 29.6 Å². The van der Waals surface area contributed by atoms with Crippen molar-refractivity contribution in [2.24, 2.45) is 11.7 Å². The topological polar surface area (TPSA) is 29.3 Å². The quantitative estimate of drug-likeness (QED) is 0.745. The second-order valence-electron chi connectivity index (χ2n) is 5.44. The molecule has 2 nitrogen and oxygen atoms in total. The summed E-state index contributed by atoms with van der Waals surface area (Å²) in [6.45, 7) is 6.77. The first-order valence-corrected chi connectivity index (χ1v) is 6.16. The van der Waals surface area contributed by atoms with Crippen LogP contribution in [0.4, 0.5) is 0 Å². The summed E-state index contributed by atoms with van der Waals surface area (Å²) in [5, 5.41) is 0. The highest BCUT2D eigenvalue weighted by Crippen LogP contribution is 2.42. The van der Waals surface area contributed by atoms with Gasteiger partial charge in [-0.3, -0.25) is 4.90 Å². The first kappa shape index (κ1) is 10.4. The van der Waals surface area contributed by atoms with Crippen molar-refractivity contribution in [3.05, 3.63) is 0 Å². The Balaban J connectivity index is 2.05. The number of fused-ring (bicyclic) bond motifs is 2. The Bertz CT molecular complexity index is 204. The summed E-state index contributed by atoms with van der Waals surface area (Å²) in [6.07, 6.45) is 6.84. The first-order valence-electron chi connectivity index (χ1n) is 6.16. The van der Waals surface area contributed by atoms with Gasteiger partial charge in [-0.15, -0.1) is 0 Å². The van der Waals surface area contributed by atoms with Crippen molar-refractivity contribution in [1.29, 1.82) is 0 Å². The molecule has 0 aromatic rings. The van der Waals surface area contributed by atoms with E-state index >= 15 is 0 Å². The van der Waals surface area contributed by atoms with Crippen LogP contribution < -0.4 is 5.73 Å². The van der Waals surface area contributed by atoms with Gasteiger partial charge >= 0.3 is 0 Å². The molecule has 3 atom stereocenters. The first-order chi connectivity index (χ1) is 6.69. The number of nitrogens with two attached hydrogens (primary N) is 1. The van der Waals surface area contributed by atoms with E-state index in [9.17, 15) is 0 Å². The predicted molar refractivity (Wildman–Crippen MR) is 60.2 cm³/mol. The number of piperidine rings is 1. The Morgan fingerprint density at radius 2 is 2.21 bits per heavy atom. The van der Waals surface area contributed by atoms with Crippen LogP contribution in [0.2, 0.25) is 0 Å². The number of nitrogens with zero attached hydrogens (tertiary/aromatic N) is 1. The van der Waals surface area contributed by atoms with Crippen molar-refractivity contribution < 1.29 is 0 Å². The van der Waals surface area contributed by atoms with Crippen LogP contribution in [0.3, 0.4) is 0 Å². The lowest BCUT2D eigenvalue weighted by Crippen LogP contribution is -2.54. The number of hydrogen-bond donors (Lipinski definition) is 1. The molecule has 3 unspecified atom stereocenters. The fraction of sp³-hybridized carbons (Fsp3) is 1.00. The zero-order chi connectivity index (χ0) is 10.2. The molecule has 1 saturated heterocycles. The minimum Gasteiger partial charge on any atom is -0.329 e. The molecule has 2 aliphatic rings. The zero-order valence-electron chi connectivity index (χ0n) is 9.63. The molecule has 0 aromatic heterocycles. The molecule has 2 fully saturated rings. The number of hydrogen-bond acceptors (Lipinski definition) is 2. The SMILES string of the molecule is CCCC(C)(CN)N1CC2CCC1C2. The second kappa shape index (κ2) is 3.82. The Morgan fingerprint density at radius 3 is 2.64 bits per heavy atom. The van der Waals surface area contributed by atoms with Crippen LogP contribution in [0.15, 0.2) is 0 Å². The van der Waals surface area contributed by atoms with E-state index < -0.39 is 0 Å². The third-order valence-corrected chi connectivity index (χ3v) is 4.33. The van der Waals surface area contributed by atoms with Gasteiger partial charge < -0.3 is 5.73 Å². The van der Waals surface area contributed by atoms with Gasteiger partial charge in [0, 0.05) is 24.7 Å². The third kappa shape index (κ3) is 1.59. The summed E-state index contributed by atoms with van der Waals surface area (Å²) in [7, 11) is 0. The van der Waals surface area contributed by atoms with Gasteiger partial charge in [0.05, 0.1) is 0 Å². The molecule has 82 valence electrons. The lowest BCUT2D eigenvalue weighted by atomic mass is 9.91. The van der Waals surface area contributed by atoms with Crippen molar-refractivity contribution in [1.82, 2.24) is 4.90 Å². The van der Waals surface area contributed by atoms with Crippen LogP contribution >= 0.6 is 0 Å². The standard InChI is InChI=1S/C12H24N2/c1-3-6-12(2,9-13)14-8-10-4-5-11(14)7-10/h10-11H,3-9,13H2,1-2H3. The molecule has 0 spiro atoms. The number of rotatable bonds is 4. The maximum Gasteiger partial charge on any atom is 0.0306 e. The Morgan fingerprint density at radius 1 is 1.43 bits per heavy atom. The minimum atomic E-state index is 0.286. The Kier molecular flexibility index (Phi) is 2.85. The molecule has 1 aliphatic heterocycles. The molecule has 0 radical (unpaired) electrons. The van der Waals surface area contributed by atoms with Gasteiger partial charge in [-0.1, -0.05) is 13.3 Å². The highest BCUT2D eigenvalue weighted by molar-refractivity contribution is 5.00. The van der Waals surface area contributed by atoms with Crippen LogP contribution in [0.25, 0.3) is 0 Å². The highest BCUT2D eigenvalue weighted by Gasteiger charge is 2.44. The van der Waals surface area contributed by atoms with E-state index in [0.717, 1.165) is 18.5 Å². The van der Waals surface area contributed by atoms with E-state index in [1.165, 1.54) is 38.6 Å². The van der Waals surface area contributed by atoms with Crippen molar-refractivity contribution in [2.45, 2.75) is 57.5 Å². The Labute approximate surface area is 87.8 Å². The maximum atomic E-state index is 5.96. The highest BCUT2D eigenvalue weighted by atomic mass is 15.3. The van der Waals surface area contributed by atoms with Gasteiger partial charge in [-0.05, 0) is 38.5 Å². The molecule has 1 saturated carbocycles. The fourth-order valence-corrected chi connectivity index (χ4v) is 3.49. The van der Waals surface area contributed by atoms with E-state index in [1.54, 1.807) is 0 Å². The molecule has 2 rings (SSSR count). The largest absolute Gasteiger partial charge is 0.329 e. The molecule has 2 bridgehead atoms. The van der Waals surface area contributed by atoms with E-state index in [4.69, 9.17) is 5.73 Å². The molecule has 1 heterocycles. The lowest BCUT2D eigenvalue weighted by Gasteiger charge is -2.43. The smallest absolute Gasteiger partial charge is 0.0306 e. The average molecular weight is 196 g/mol. The summed E-state index contributed by atoms with van der Waals surface area (Å²) in [6, 6.07) is 0.861. The van der Waals surface area contributed by atoms with Crippen molar-refractivity contribution in [3.63, 3.8) is 0 Å². The van der Waals surface area contributed by atoms with Crippen molar-refractivity contribution in [2.75, 3.05) is 13.1 Å². The summed E-state index contributed by atoms with van der Waals surface area (Å²) >= 11 is 0. The minimum absolute atomic E-state index is 0.286. The molecule has 2 N–H and O–H groups in total. The van der Waals surface area contributed by atoms with Gasteiger partial charge in [0.2, 0.25) is 0 Å².